The molecular formula is C47H90N2O4. The minimum Gasteiger partial charge on any atom is -0.461 e. The molecule has 0 amide bonds. The fraction of sp³-hybridized carbons (Fsp3) is 0.872. The Morgan fingerprint density at radius 1 is 0.453 bits per heavy atom. The first-order chi connectivity index (χ1) is 25.9. The van der Waals surface area contributed by atoms with E-state index >= 15 is 0 Å². The van der Waals surface area contributed by atoms with E-state index in [9.17, 15) is 9.59 Å². The molecule has 0 heterocycles. The molecule has 6 nitrogen and oxygen atoms in total. The summed E-state index contributed by atoms with van der Waals surface area (Å²) in [5, 5.41) is 0. The van der Waals surface area contributed by atoms with Crippen LogP contribution in [-0.4, -0.2) is 75.2 Å². The van der Waals surface area contributed by atoms with Crippen molar-refractivity contribution in [2.45, 2.75) is 201 Å². The van der Waals surface area contributed by atoms with Crippen LogP contribution in [0.3, 0.4) is 0 Å². The zero-order valence-electron chi connectivity index (χ0n) is 36.3. The molecule has 312 valence electrons. The molecule has 6 heteroatoms. The third kappa shape index (κ3) is 37.1. The fourth-order valence-electron chi connectivity index (χ4n) is 7.09. The highest BCUT2D eigenvalue weighted by Gasteiger charge is 2.09. The summed E-state index contributed by atoms with van der Waals surface area (Å²) in [4.78, 5) is 29.3. The lowest BCUT2D eigenvalue weighted by molar-refractivity contribution is -0.143. The number of carbonyl (C=O) groups excluding carboxylic acids is 2. The number of hydrogen-bond donors (Lipinski definition) is 0. The highest BCUT2D eigenvalue weighted by Crippen LogP contribution is 2.21. The molecule has 0 aliphatic heterocycles. The standard InChI is InChI=1S/C47H90N2O4/c1-7-11-30-44(31-12-8-2)34-23-27-42-52-46(50)36-21-17-15-19-25-39-49(41-29-38-48(5)6)40-26-20-16-18-22-37-47(51)53-43-28-24-35-45(32-13-9-3)33-14-10-4/h23-24,27-28,44-45H,7-22,25-26,29-43H2,1-6H3/b27-23-,28-24-. The Labute approximate surface area is 330 Å². The van der Waals surface area contributed by atoms with Crippen LogP contribution in [0.4, 0.5) is 0 Å². The molecule has 0 aromatic heterocycles. The number of allylic oxidation sites excluding steroid dienone is 2. The Bertz CT molecular complexity index is 779. The SMILES string of the molecule is CCCCC(C/C=C\COC(=O)CCCCCCCN(CCCCCCCC(=O)OC/C=C\CC(CCCC)CCCC)CCCN(C)C)CCCC. The van der Waals surface area contributed by atoms with E-state index in [0.29, 0.717) is 26.1 Å². The van der Waals surface area contributed by atoms with Crippen LogP contribution in [-0.2, 0) is 19.1 Å². The molecule has 53 heavy (non-hydrogen) atoms. The van der Waals surface area contributed by atoms with Gasteiger partial charge in [0.25, 0.3) is 0 Å². The third-order valence-corrected chi connectivity index (χ3v) is 10.6. The molecule has 0 rings (SSSR count). The average molecular weight is 747 g/mol. The summed E-state index contributed by atoms with van der Waals surface area (Å²) >= 11 is 0. The highest BCUT2D eigenvalue weighted by atomic mass is 16.5. The number of ether oxygens (including phenoxy) is 2. The summed E-state index contributed by atoms with van der Waals surface area (Å²) in [6, 6.07) is 0. The number of nitrogens with zero attached hydrogens (tertiary/aromatic N) is 2. The van der Waals surface area contributed by atoms with Gasteiger partial charge in [0.1, 0.15) is 13.2 Å². The number of unbranched alkanes of at least 4 members (excludes halogenated alkanes) is 12. The number of hydrogen-bond acceptors (Lipinski definition) is 6. The lowest BCUT2D eigenvalue weighted by atomic mass is 9.93. The van der Waals surface area contributed by atoms with Gasteiger partial charge in [-0.1, -0.05) is 168 Å². The highest BCUT2D eigenvalue weighted by molar-refractivity contribution is 5.69. The molecule has 0 aromatic carbocycles. The minimum atomic E-state index is -0.0536. The largest absolute Gasteiger partial charge is 0.461 e. The Morgan fingerprint density at radius 3 is 1.19 bits per heavy atom. The van der Waals surface area contributed by atoms with Gasteiger partial charge < -0.3 is 19.3 Å². The van der Waals surface area contributed by atoms with Crippen molar-refractivity contribution in [3.8, 4) is 0 Å². The van der Waals surface area contributed by atoms with Gasteiger partial charge in [0.15, 0.2) is 0 Å². The van der Waals surface area contributed by atoms with Crippen molar-refractivity contribution in [2.24, 2.45) is 11.8 Å². The monoisotopic (exact) mass is 747 g/mol. The maximum Gasteiger partial charge on any atom is 0.306 e. The van der Waals surface area contributed by atoms with Crippen molar-refractivity contribution < 1.29 is 19.1 Å². The predicted molar refractivity (Wildman–Crippen MR) is 230 cm³/mol. The summed E-state index contributed by atoms with van der Waals surface area (Å²) in [6.45, 7) is 14.5. The van der Waals surface area contributed by atoms with Crippen molar-refractivity contribution in [1.82, 2.24) is 9.80 Å². The summed E-state index contributed by atoms with van der Waals surface area (Å²) < 4.78 is 10.9. The average Bonchev–Trinajstić information content (AvgIpc) is 3.14. The van der Waals surface area contributed by atoms with Crippen LogP contribution in [0.2, 0.25) is 0 Å². The Kier molecular flexibility index (Phi) is 38.8. The zero-order valence-corrected chi connectivity index (χ0v) is 36.3. The van der Waals surface area contributed by atoms with Gasteiger partial charge in [0, 0.05) is 12.8 Å². The topological polar surface area (TPSA) is 59.1 Å². The second-order valence-electron chi connectivity index (χ2n) is 16.1. The first kappa shape index (κ1) is 51.3. The second-order valence-corrected chi connectivity index (χ2v) is 16.1. The maximum absolute atomic E-state index is 12.2. The molecule has 0 atom stereocenters. The van der Waals surface area contributed by atoms with Gasteiger partial charge in [-0.15, -0.1) is 0 Å². The van der Waals surface area contributed by atoms with E-state index in [0.717, 1.165) is 76.5 Å². The second kappa shape index (κ2) is 40.0. The third-order valence-electron chi connectivity index (χ3n) is 10.6. The normalized spacial score (nSPS) is 12.1. The lowest BCUT2D eigenvalue weighted by Crippen LogP contribution is -2.29. The van der Waals surface area contributed by atoms with E-state index in [4.69, 9.17) is 9.47 Å². The summed E-state index contributed by atoms with van der Waals surface area (Å²) in [5.74, 6) is 1.45. The lowest BCUT2D eigenvalue weighted by Gasteiger charge is -2.23. The van der Waals surface area contributed by atoms with Crippen molar-refractivity contribution >= 4 is 11.9 Å². The van der Waals surface area contributed by atoms with Crippen LogP contribution in [0.15, 0.2) is 24.3 Å². The van der Waals surface area contributed by atoms with Crippen LogP contribution in [0, 0.1) is 11.8 Å². The smallest absolute Gasteiger partial charge is 0.306 e. The van der Waals surface area contributed by atoms with Gasteiger partial charge >= 0.3 is 11.9 Å². The van der Waals surface area contributed by atoms with Crippen molar-refractivity contribution in [3.63, 3.8) is 0 Å². The minimum absolute atomic E-state index is 0.0536. The first-order valence-corrected chi connectivity index (χ1v) is 22.8. The van der Waals surface area contributed by atoms with Crippen molar-refractivity contribution in [2.75, 3.05) is 53.5 Å². The van der Waals surface area contributed by atoms with Crippen LogP contribution in [0.25, 0.3) is 0 Å². The molecular weight excluding hydrogens is 657 g/mol. The van der Waals surface area contributed by atoms with Gasteiger partial charge in [-0.3, -0.25) is 9.59 Å². The number of carbonyl (C=O) groups is 2. The molecule has 0 N–H and O–H groups in total. The van der Waals surface area contributed by atoms with E-state index in [1.807, 2.05) is 12.2 Å². The van der Waals surface area contributed by atoms with E-state index in [-0.39, 0.29) is 11.9 Å². The number of rotatable bonds is 40. The van der Waals surface area contributed by atoms with E-state index < -0.39 is 0 Å². The van der Waals surface area contributed by atoms with Gasteiger partial charge in [-0.25, -0.2) is 0 Å². The summed E-state index contributed by atoms with van der Waals surface area (Å²) in [5.41, 5.74) is 0. The van der Waals surface area contributed by atoms with E-state index in [1.54, 1.807) is 0 Å². The quantitative estimate of drug-likeness (QED) is 0.0353. The van der Waals surface area contributed by atoms with Gasteiger partial charge in [-0.2, -0.15) is 0 Å². The Hall–Kier alpha value is -1.66. The summed E-state index contributed by atoms with van der Waals surface area (Å²) in [6.07, 6.45) is 40.0. The predicted octanol–water partition coefficient (Wildman–Crippen LogP) is 12.9. The molecule has 0 unspecified atom stereocenters. The molecule has 0 saturated heterocycles. The molecule has 0 radical (unpaired) electrons. The molecule has 0 saturated carbocycles. The van der Waals surface area contributed by atoms with E-state index in [2.05, 4.69) is 63.7 Å². The Balaban J connectivity index is 4.07. The van der Waals surface area contributed by atoms with Crippen LogP contribution in [0.5, 0.6) is 0 Å². The zero-order chi connectivity index (χ0) is 39.0. The first-order valence-electron chi connectivity index (χ1n) is 22.8. The van der Waals surface area contributed by atoms with Gasteiger partial charge in [0.2, 0.25) is 0 Å². The molecule has 0 spiro atoms. The van der Waals surface area contributed by atoms with Crippen LogP contribution >= 0.6 is 0 Å². The van der Waals surface area contributed by atoms with Crippen LogP contribution in [0.1, 0.15) is 201 Å². The summed E-state index contributed by atoms with van der Waals surface area (Å²) in [7, 11) is 4.31. The van der Waals surface area contributed by atoms with E-state index in [1.165, 1.54) is 122 Å². The van der Waals surface area contributed by atoms with Crippen molar-refractivity contribution in [1.29, 1.82) is 0 Å². The molecule has 0 fully saturated rings. The maximum atomic E-state index is 12.2. The molecule has 0 aliphatic carbocycles. The Morgan fingerprint density at radius 2 is 0.811 bits per heavy atom. The van der Waals surface area contributed by atoms with Crippen LogP contribution < -0.4 is 0 Å². The fourth-order valence-corrected chi connectivity index (χ4v) is 7.09. The molecule has 0 bridgehead atoms. The number of esters is 2. The molecule has 0 aromatic rings. The van der Waals surface area contributed by atoms with Crippen molar-refractivity contribution in [3.05, 3.63) is 24.3 Å². The molecule has 0 aliphatic rings. The van der Waals surface area contributed by atoms with Gasteiger partial charge in [0.05, 0.1) is 0 Å². The van der Waals surface area contributed by atoms with Gasteiger partial charge in [-0.05, 0) is 97.1 Å².